The van der Waals surface area contributed by atoms with Crippen molar-refractivity contribution in [1.29, 1.82) is 0 Å². The van der Waals surface area contributed by atoms with E-state index in [0.717, 1.165) is 0 Å². The third-order valence-corrected chi connectivity index (χ3v) is 3.32. The monoisotopic (exact) mass is 299 g/mol. The number of carbonyl (C=O) groups is 1. The highest BCUT2D eigenvalue weighted by atomic mass is 35.5. The van der Waals surface area contributed by atoms with Crippen molar-refractivity contribution >= 4 is 28.9 Å². The van der Waals surface area contributed by atoms with Gasteiger partial charge in [-0.15, -0.1) is 0 Å². The molecule has 1 aromatic rings. The maximum absolute atomic E-state index is 12.0. The number of anilines is 2. The van der Waals surface area contributed by atoms with Gasteiger partial charge in [0.1, 0.15) is 0 Å². The lowest BCUT2D eigenvalue weighted by molar-refractivity contribution is -0.120. The highest BCUT2D eigenvalue weighted by molar-refractivity contribution is 6.31. The van der Waals surface area contributed by atoms with Gasteiger partial charge in [-0.05, 0) is 18.2 Å². The van der Waals surface area contributed by atoms with Crippen LogP contribution in [0.3, 0.4) is 0 Å². The first kappa shape index (κ1) is 15.1. The smallest absolute Gasteiger partial charge is 0.238 e. The Labute approximate surface area is 122 Å². The number of aliphatic hydroxyl groups excluding tert-OH is 1. The molecule has 1 amide bonds. The predicted octanol–water partition coefficient (Wildman–Crippen LogP) is 0.554. The van der Waals surface area contributed by atoms with Crippen LogP contribution in [0.4, 0.5) is 11.4 Å². The molecular weight excluding hydrogens is 282 g/mol. The second-order valence-electron chi connectivity index (χ2n) is 4.69. The van der Waals surface area contributed by atoms with Gasteiger partial charge in [0, 0.05) is 18.1 Å². The molecule has 1 fully saturated rings. The minimum absolute atomic E-state index is 0.0394. The van der Waals surface area contributed by atoms with Gasteiger partial charge < -0.3 is 20.9 Å². The van der Waals surface area contributed by atoms with Crippen molar-refractivity contribution in [2.24, 2.45) is 0 Å². The van der Waals surface area contributed by atoms with Crippen LogP contribution < -0.4 is 11.1 Å². The average molecular weight is 300 g/mol. The van der Waals surface area contributed by atoms with Gasteiger partial charge in [0.2, 0.25) is 5.91 Å². The molecule has 2 rings (SSSR count). The first-order chi connectivity index (χ1) is 9.58. The van der Waals surface area contributed by atoms with Gasteiger partial charge in [0.15, 0.2) is 0 Å². The van der Waals surface area contributed by atoms with Crippen LogP contribution in [0.15, 0.2) is 18.2 Å². The Morgan fingerprint density at radius 3 is 3.10 bits per heavy atom. The van der Waals surface area contributed by atoms with Crippen LogP contribution in [-0.2, 0) is 9.53 Å². The van der Waals surface area contributed by atoms with Crippen LogP contribution in [-0.4, -0.2) is 54.9 Å². The molecule has 7 heteroatoms. The molecule has 1 aliphatic rings. The number of hydrogen-bond donors (Lipinski definition) is 3. The number of nitrogens with zero attached hydrogens (tertiary/aromatic N) is 1. The summed E-state index contributed by atoms with van der Waals surface area (Å²) in [5, 5.41) is 12.3. The van der Waals surface area contributed by atoms with E-state index >= 15 is 0 Å². The fourth-order valence-corrected chi connectivity index (χ4v) is 2.26. The van der Waals surface area contributed by atoms with E-state index in [0.29, 0.717) is 36.1 Å². The molecule has 0 aliphatic carbocycles. The van der Waals surface area contributed by atoms with Crippen LogP contribution in [0.1, 0.15) is 0 Å². The van der Waals surface area contributed by atoms with Crippen LogP contribution in [0, 0.1) is 0 Å². The number of amides is 1. The SMILES string of the molecule is Nc1cc(Cl)ccc1NC(=O)CN1CCOC(CO)C1. The normalized spacial score (nSPS) is 19.8. The van der Waals surface area contributed by atoms with E-state index in [9.17, 15) is 4.79 Å². The van der Waals surface area contributed by atoms with E-state index in [1.54, 1.807) is 18.2 Å². The van der Waals surface area contributed by atoms with Gasteiger partial charge in [-0.2, -0.15) is 0 Å². The number of nitrogens with one attached hydrogen (secondary N) is 1. The first-order valence-corrected chi connectivity index (χ1v) is 6.76. The number of halogens is 1. The molecule has 1 aliphatic heterocycles. The minimum atomic E-state index is -0.225. The minimum Gasteiger partial charge on any atom is -0.397 e. The molecule has 1 aromatic carbocycles. The molecule has 1 atom stereocenters. The van der Waals surface area contributed by atoms with E-state index < -0.39 is 0 Å². The average Bonchev–Trinajstić information content (AvgIpc) is 2.42. The Balaban J connectivity index is 1.88. The summed E-state index contributed by atoms with van der Waals surface area (Å²) in [6, 6.07) is 4.93. The number of ether oxygens (including phenoxy) is 1. The number of benzene rings is 1. The highest BCUT2D eigenvalue weighted by Crippen LogP contribution is 2.22. The van der Waals surface area contributed by atoms with Gasteiger partial charge in [-0.25, -0.2) is 0 Å². The summed E-state index contributed by atoms with van der Waals surface area (Å²) < 4.78 is 5.33. The second-order valence-corrected chi connectivity index (χ2v) is 5.13. The molecule has 0 saturated carbocycles. The zero-order valence-corrected chi connectivity index (χ0v) is 11.8. The zero-order valence-electron chi connectivity index (χ0n) is 11.0. The van der Waals surface area contributed by atoms with E-state index in [1.807, 2.05) is 4.90 Å². The summed E-state index contributed by atoms with van der Waals surface area (Å²) in [6.07, 6.45) is -0.225. The summed E-state index contributed by atoms with van der Waals surface area (Å²) in [5.41, 5.74) is 6.76. The lowest BCUT2D eigenvalue weighted by atomic mass is 10.2. The van der Waals surface area contributed by atoms with Crippen molar-refractivity contribution in [2.75, 3.05) is 43.9 Å². The number of rotatable bonds is 4. The Morgan fingerprint density at radius 2 is 2.40 bits per heavy atom. The van der Waals surface area contributed by atoms with Crippen molar-refractivity contribution in [2.45, 2.75) is 6.10 Å². The third-order valence-electron chi connectivity index (χ3n) is 3.08. The number of nitrogens with two attached hydrogens (primary N) is 1. The molecule has 0 bridgehead atoms. The first-order valence-electron chi connectivity index (χ1n) is 6.38. The fraction of sp³-hybridized carbons (Fsp3) is 0.462. The predicted molar refractivity (Wildman–Crippen MR) is 77.8 cm³/mol. The van der Waals surface area contributed by atoms with Crippen LogP contribution >= 0.6 is 11.6 Å². The third kappa shape index (κ3) is 4.08. The van der Waals surface area contributed by atoms with Gasteiger partial charge in [0.25, 0.3) is 0 Å². The Hall–Kier alpha value is -1.34. The topological polar surface area (TPSA) is 87.8 Å². The highest BCUT2D eigenvalue weighted by Gasteiger charge is 2.21. The summed E-state index contributed by atoms with van der Waals surface area (Å²) in [5.74, 6) is -0.155. The van der Waals surface area contributed by atoms with Crippen LogP contribution in [0.2, 0.25) is 5.02 Å². The maximum Gasteiger partial charge on any atom is 0.238 e. The maximum atomic E-state index is 12.0. The molecule has 4 N–H and O–H groups in total. The largest absolute Gasteiger partial charge is 0.397 e. The zero-order chi connectivity index (χ0) is 14.5. The lowest BCUT2D eigenvalue weighted by Gasteiger charge is -2.31. The summed E-state index contributed by atoms with van der Waals surface area (Å²) in [6.45, 7) is 1.92. The lowest BCUT2D eigenvalue weighted by Crippen LogP contribution is -2.46. The molecule has 0 spiro atoms. The van der Waals surface area contributed by atoms with E-state index in [-0.39, 0.29) is 25.2 Å². The molecule has 110 valence electrons. The number of carbonyl (C=O) groups excluding carboxylic acids is 1. The van der Waals surface area contributed by atoms with Crippen LogP contribution in [0.5, 0.6) is 0 Å². The van der Waals surface area contributed by atoms with Gasteiger partial charge in [-0.3, -0.25) is 9.69 Å². The van der Waals surface area contributed by atoms with Crippen molar-refractivity contribution in [1.82, 2.24) is 4.90 Å². The number of aliphatic hydroxyl groups is 1. The molecular formula is C13H18ClN3O3. The Morgan fingerprint density at radius 1 is 1.60 bits per heavy atom. The fourth-order valence-electron chi connectivity index (χ4n) is 2.07. The van der Waals surface area contributed by atoms with Gasteiger partial charge in [0.05, 0.1) is 37.2 Å². The van der Waals surface area contributed by atoms with E-state index in [2.05, 4.69) is 5.32 Å². The molecule has 0 radical (unpaired) electrons. The van der Waals surface area contributed by atoms with Crippen molar-refractivity contribution in [3.05, 3.63) is 23.2 Å². The van der Waals surface area contributed by atoms with E-state index in [1.165, 1.54) is 0 Å². The number of hydrogen-bond acceptors (Lipinski definition) is 5. The molecule has 0 aromatic heterocycles. The standard InChI is InChI=1S/C13H18ClN3O3/c14-9-1-2-12(11(15)5-9)16-13(19)7-17-3-4-20-10(6-17)8-18/h1-2,5,10,18H,3-4,6-8,15H2,(H,16,19). The number of morpholine rings is 1. The molecule has 6 nitrogen and oxygen atoms in total. The Bertz CT molecular complexity index is 484. The van der Waals surface area contributed by atoms with Gasteiger partial charge in [-0.1, -0.05) is 11.6 Å². The summed E-state index contributed by atoms with van der Waals surface area (Å²) >= 11 is 5.80. The summed E-state index contributed by atoms with van der Waals surface area (Å²) in [7, 11) is 0. The molecule has 1 unspecified atom stereocenters. The Kier molecular flexibility index (Phi) is 5.19. The molecule has 1 saturated heterocycles. The second kappa shape index (κ2) is 6.90. The van der Waals surface area contributed by atoms with Crippen LogP contribution in [0.25, 0.3) is 0 Å². The quantitative estimate of drug-likeness (QED) is 0.707. The van der Waals surface area contributed by atoms with Crippen molar-refractivity contribution < 1.29 is 14.6 Å². The van der Waals surface area contributed by atoms with E-state index in [4.69, 9.17) is 27.2 Å². The van der Waals surface area contributed by atoms with Crippen molar-refractivity contribution in [3.63, 3.8) is 0 Å². The number of nitrogen functional groups attached to an aromatic ring is 1. The van der Waals surface area contributed by atoms with Gasteiger partial charge >= 0.3 is 0 Å². The van der Waals surface area contributed by atoms with Crippen molar-refractivity contribution in [3.8, 4) is 0 Å². The summed E-state index contributed by atoms with van der Waals surface area (Å²) in [4.78, 5) is 13.9. The molecule has 1 heterocycles. The molecule has 20 heavy (non-hydrogen) atoms.